The van der Waals surface area contributed by atoms with Crippen LogP contribution < -0.4 is 21.1 Å². The van der Waals surface area contributed by atoms with Gasteiger partial charge in [0.25, 0.3) is 0 Å². The van der Waals surface area contributed by atoms with Crippen molar-refractivity contribution in [3.8, 4) is 5.75 Å². The van der Waals surface area contributed by atoms with E-state index in [1.165, 1.54) is 29.8 Å². The number of sulfone groups is 1. The normalized spacial score (nSPS) is 23.3. The summed E-state index contributed by atoms with van der Waals surface area (Å²) in [4.78, 5) is 4.54. The van der Waals surface area contributed by atoms with E-state index in [1.807, 2.05) is 6.08 Å². The zero-order valence-electron chi connectivity index (χ0n) is 19.1. The van der Waals surface area contributed by atoms with Gasteiger partial charge in [-0.25, -0.2) is 16.8 Å². The van der Waals surface area contributed by atoms with Crippen LogP contribution in [-0.2, 0) is 30.3 Å². The number of nitrogens with zero attached hydrogens (tertiary/aromatic N) is 2. The number of ether oxygens (including phenoxy) is 2. The molecular weight excluding hydrogens is 482 g/mol. The number of nitrogens with one attached hydrogen (secondary N) is 2. The molecule has 0 saturated carbocycles. The SMILES string of the molecule is COc1cc(S(=O)(=O)N2CCOCC2)ccc1C1(N)C=C(NCCS(C)(=O)=O)C2=CCN=C2N1. The molecule has 34 heavy (non-hydrogen) atoms. The van der Waals surface area contributed by atoms with Gasteiger partial charge in [-0.15, -0.1) is 0 Å². The van der Waals surface area contributed by atoms with Gasteiger partial charge in [0.05, 0.1) is 37.5 Å². The molecule has 186 valence electrons. The molecule has 1 aromatic rings. The number of amidine groups is 1. The number of methoxy groups -OCH3 is 1. The second-order valence-electron chi connectivity index (χ2n) is 8.29. The zero-order chi connectivity index (χ0) is 24.6. The van der Waals surface area contributed by atoms with Gasteiger partial charge in [-0.2, -0.15) is 4.31 Å². The highest BCUT2D eigenvalue weighted by Crippen LogP contribution is 2.35. The molecule has 1 aromatic carbocycles. The van der Waals surface area contributed by atoms with E-state index in [9.17, 15) is 16.8 Å². The highest BCUT2D eigenvalue weighted by molar-refractivity contribution is 7.90. The number of benzene rings is 1. The molecule has 13 heteroatoms. The van der Waals surface area contributed by atoms with E-state index >= 15 is 0 Å². The molecule has 1 unspecified atom stereocenters. The number of fused-ring (bicyclic) bond motifs is 1. The number of hydrogen-bond acceptors (Lipinski definition) is 10. The molecule has 0 aromatic heterocycles. The maximum absolute atomic E-state index is 13.1. The minimum Gasteiger partial charge on any atom is -0.496 e. The van der Waals surface area contributed by atoms with E-state index in [2.05, 4.69) is 15.6 Å². The van der Waals surface area contributed by atoms with E-state index in [0.717, 1.165) is 5.57 Å². The minimum atomic E-state index is -3.72. The molecule has 1 atom stereocenters. The first-order chi connectivity index (χ1) is 16.0. The van der Waals surface area contributed by atoms with Crippen LogP contribution in [-0.4, -0.2) is 85.5 Å². The Kier molecular flexibility index (Phi) is 6.75. The summed E-state index contributed by atoms with van der Waals surface area (Å²) in [5, 5.41) is 6.36. The molecule has 0 amide bonds. The van der Waals surface area contributed by atoms with Crippen molar-refractivity contribution in [3.63, 3.8) is 0 Å². The van der Waals surface area contributed by atoms with Gasteiger partial charge in [-0.3, -0.25) is 4.99 Å². The van der Waals surface area contributed by atoms with Crippen LogP contribution in [0, 0.1) is 0 Å². The lowest BCUT2D eigenvalue weighted by molar-refractivity contribution is 0.0730. The van der Waals surface area contributed by atoms with Crippen molar-refractivity contribution < 1.29 is 26.3 Å². The van der Waals surface area contributed by atoms with Crippen LogP contribution in [0.25, 0.3) is 0 Å². The summed E-state index contributed by atoms with van der Waals surface area (Å²) in [5.41, 5.74) is 7.43. The van der Waals surface area contributed by atoms with Crippen molar-refractivity contribution in [1.29, 1.82) is 0 Å². The minimum absolute atomic E-state index is 0.0352. The molecule has 3 aliphatic heterocycles. The van der Waals surface area contributed by atoms with Crippen LogP contribution in [0.15, 0.2) is 51.5 Å². The highest BCUT2D eigenvalue weighted by atomic mass is 32.2. The summed E-state index contributed by atoms with van der Waals surface area (Å²) in [5.74, 6) is 0.827. The Morgan fingerprint density at radius 1 is 1.26 bits per heavy atom. The van der Waals surface area contributed by atoms with E-state index in [-0.39, 0.29) is 30.3 Å². The van der Waals surface area contributed by atoms with Crippen LogP contribution in [0.3, 0.4) is 0 Å². The van der Waals surface area contributed by atoms with Gasteiger partial charge in [0.1, 0.15) is 27.1 Å². The standard InChI is InChI=1S/C21H29N5O6S2/c1-31-19-13-15(34(29,30)26-8-10-32-11-9-26)3-4-17(19)21(22)14-18(23-7-12-33(2,27)28)16-5-6-24-20(16)25-21/h3-5,13-14,23H,6-12,22H2,1-2H3,(H,24,25). The zero-order valence-corrected chi connectivity index (χ0v) is 20.7. The number of hydrogen-bond donors (Lipinski definition) is 3. The summed E-state index contributed by atoms with van der Waals surface area (Å²) in [6.45, 7) is 1.94. The Morgan fingerprint density at radius 2 is 2.00 bits per heavy atom. The summed E-state index contributed by atoms with van der Waals surface area (Å²) in [6.07, 6.45) is 4.83. The number of aliphatic imine (C=N–C) groups is 1. The van der Waals surface area contributed by atoms with Gasteiger partial charge in [0.2, 0.25) is 10.0 Å². The fraction of sp³-hybridized carbons (Fsp3) is 0.476. The van der Waals surface area contributed by atoms with E-state index in [1.54, 1.807) is 12.1 Å². The number of sulfonamides is 1. The molecule has 0 bridgehead atoms. The lowest BCUT2D eigenvalue weighted by atomic mass is 9.92. The average molecular weight is 512 g/mol. The monoisotopic (exact) mass is 511 g/mol. The Labute approximate surface area is 199 Å². The van der Waals surface area contributed by atoms with Crippen LogP contribution >= 0.6 is 0 Å². The quantitative estimate of drug-likeness (QED) is 0.411. The van der Waals surface area contributed by atoms with Crippen LogP contribution in [0.4, 0.5) is 0 Å². The smallest absolute Gasteiger partial charge is 0.243 e. The molecule has 3 aliphatic rings. The lowest BCUT2D eigenvalue weighted by Crippen LogP contribution is -2.55. The average Bonchev–Trinajstić information content (AvgIpc) is 3.26. The molecule has 4 N–H and O–H groups in total. The van der Waals surface area contributed by atoms with Crippen molar-refractivity contribution in [2.24, 2.45) is 10.7 Å². The lowest BCUT2D eigenvalue weighted by Gasteiger charge is -2.36. The van der Waals surface area contributed by atoms with E-state index < -0.39 is 25.5 Å². The summed E-state index contributed by atoms with van der Waals surface area (Å²) >= 11 is 0. The Hall–Kier alpha value is -2.45. The third-order valence-corrected chi connectivity index (χ3v) is 8.64. The maximum Gasteiger partial charge on any atom is 0.243 e. The molecule has 0 spiro atoms. The Balaban J connectivity index is 1.68. The van der Waals surface area contributed by atoms with Crippen molar-refractivity contribution in [1.82, 2.24) is 14.9 Å². The Bertz CT molecular complexity index is 1270. The van der Waals surface area contributed by atoms with Gasteiger partial charge < -0.3 is 25.8 Å². The largest absolute Gasteiger partial charge is 0.496 e. The molecule has 3 heterocycles. The molecule has 1 fully saturated rings. The van der Waals surface area contributed by atoms with Gasteiger partial charge >= 0.3 is 0 Å². The highest BCUT2D eigenvalue weighted by Gasteiger charge is 2.38. The first-order valence-corrected chi connectivity index (χ1v) is 14.3. The second kappa shape index (κ2) is 9.30. The van der Waals surface area contributed by atoms with E-state index in [0.29, 0.717) is 42.6 Å². The molecule has 4 rings (SSSR count). The van der Waals surface area contributed by atoms with Crippen LogP contribution in [0.1, 0.15) is 5.56 Å². The summed E-state index contributed by atoms with van der Waals surface area (Å²) < 4.78 is 61.5. The number of nitrogens with two attached hydrogens (primary N) is 1. The first kappa shape index (κ1) is 24.7. The van der Waals surface area contributed by atoms with Crippen LogP contribution in [0.2, 0.25) is 0 Å². The van der Waals surface area contributed by atoms with Gasteiger partial charge in [0.15, 0.2) is 0 Å². The van der Waals surface area contributed by atoms with Gasteiger partial charge in [0, 0.05) is 48.8 Å². The predicted octanol–water partition coefficient (Wildman–Crippen LogP) is -0.713. The number of rotatable bonds is 8. The first-order valence-electron chi connectivity index (χ1n) is 10.8. The van der Waals surface area contributed by atoms with Gasteiger partial charge in [-0.1, -0.05) is 6.08 Å². The third kappa shape index (κ3) is 4.98. The van der Waals surface area contributed by atoms with Crippen LogP contribution in [0.5, 0.6) is 5.75 Å². The molecule has 0 aliphatic carbocycles. The fourth-order valence-electron chi connectivity index (χ4n) is 4.06. The van der Waals surface area contributed by atoms with E-state index in [4.69, 9.17) is 15.2 Å². The topological polar surface area (TPSA) is 152 Å². The molecular formula is C21H29N5O6S2. The Morgan fingerprint density at radius 3 is 2.68 bits per heavy atom. The maximum atomic E-state index is 13.1. The predicted molar refractivity (Wildman–Crippen MR) is 128 cm³/mol. The molecule has 1 saturated heterocycles. The molecule has 0 radical (unpaired) electrons. The number of morpholine rings is 1. The fourth-order valence-corrected chi connectivity index (χ4v) is 5.96. The van der Waals surface area contributed by atoms with Crippen molar-refractivity contribution in [2.45, 2.75) is 10.6 Å². The van der Waals surface area contributed by atoms with Gasteiger partial charge in [-0.05, 0) is 18.2 Å². The summed E-state index contributed by atoms with van der Waals surface area (Å²) in [7, 11) is -5.41. The third-order valence-electron chi connectivity index (χ3n) is 5.80. The second-order valence-corrected chi connectivity index (χ2v) is 12.5. The van der Waals surface area contributed by atoms with Crippen molar-refractivity contribution >= 4 is 25.7 Å². The van der Waals surface area contributed by atoms with Crippen molar-refractivity contribution in [2.75, 3.05) is 58.5 Å². The van der Waals surface area contributed by atoms with Crippen molar-refractivity contribution in [3.05, 3.63) is 47.2 Å². The summed E-state index contributed by atoms with van der Waals surface area (Å²) in [6, 6.07) is 4.59. The molecule has 11 nitrogen and oxygen atoms in total.